The summed E-state index contributed by atoms with van der Waals surface area (Å²) in [4.78, 5) is 60.3. The molecule has 51 heavy (non-hydrogen) atoms. The number of carbonyl (C=O) groups excluding carboxylic acids is 4. The van der Waals surface area contributed by atoms with Crippen LogP contribution < -0.4 is 16.0 Å². The number of rotatable bonds is 14. The number of carbonyl (C=O) groups is 4. The zero-order valence-corrected chi connectivity index (χ0v) is 28.5. The second-order valence-electron chi connectivity index (χ2n) is 12.9. The molecule has 0 radical (unpaired) electrons. The summed E-state index contributed by atoms with van der Waals surface area (Å²) >= 11 is 0. The third kappa shape index (κ3) is 9.52. The second-order valence-corrected chi connectivity index (χ2v) is 14.6. The van der Waals surface area contributed by atoms with Gasteiger partial charge in [0.25, 0.3) is 21.9 Å². The minimum absolute atomic E-state index is 0.0374. The Bertz CT molecular complexity index is 1740. The highest BCUT2D eigenvalue weighted by atomic mass is 32.2. The number of alkyl halides is 1. The topological polar surface area (TPSA) is 203 Å². The standard InChI is InChI=1S/C32H40F3N7O8S/c1-18(12-37-27(43)11-22(51(47,48)49)17-41-28(44)4-5-29(41)45)39-32(46)42(16-20-13-36-14-25(20)35)30(19-6-8-50-9-7-19)31-38-15-26(40-31)23-10-21(33)2-3-24(23)34/h2-5,10,15,18-20,22,25,30,36H,6-9,11-14,16-17H2,1H3,(H,37,43)(H,38,40)(H,39,46)(H,47,48,49)/t18-,20-,22-,25-,30+/m0/s1. The number of urea groups is 1. The number of imide groups is 1. The van der Waals surface area contributed by atoms with Crippen molar-refractivity contribution in [3.05, 3.63) is 54.0 Å². The van der Waals surface area contributed by atoms with Gasteiger partial charge in [-0.05, 0) is 43.9 Å². The molecule has 15 nitrogen and oxygen atoms in total. The molecule has 3 aliphatic rings. The zero-order chi connectivity index (χ0) is 36.9. The maximum Gasteiger partial charge on any atom is 0.318 e. The first kappa shape index (κ1) is 37.9. The van der Waals surface area contributed by atoms with Gasteiger partial charge in [-0.3, -0.25) is 23.8 Å². The monoisotopic (exact) mass is 739 g/mol. The Morgan fingerprint density at radius 2 is 1.86 bits per heavy atom. The van der Waals surface area contributed by atoms with Crippen LogP contribution in [0.25, 0.3) is 11.3 Å². The van der Waals surface area contributed by atoms with Crippen molar-refractivity contribution in [2.24, 2.45) is 11.8 Å². The summed E-state index contributed by atoms with van der Waals surface area (Å²) < 4.78 is 82.9. The lowest BCUT2D eigenvalue weighted by Crippen LogP contribution is -2.52. The second kappa shape index (κ2) is 16.3. The van der Waals surface area contributed by atoms with Gasteiger partial charge in [-0.1, -0.05) is 0 Å². The van der Waals surface area contributed by atoms with Crippen molar-refractivity contribution >= 4 is 33.9 Å². The van der Waals surface area contributed by atoms with E-state index in [2.05, 4.69) is 25.9 Å². The Balaban J connectivity index is 1.32. The molecule has 19 heteroatoms. The average Bonchev–Trinajstić information content (AvgIpc) is 3.81. The number of aromatic amines is 1. The molecule has 0 bridgehead atoms. The van der Waals surface area contributed by atoms with Gasteiger partial charge in [0.05, 0.1) is 11.7 Å². The number of H-pyrrole nitrogens is 1. The number of nitrogens with zero attached hydrogens (tertiary/aromatic N) is 3. The summed E-state index contributed by atoms with van der Waals surface area (Å²) in [6, 6.07) is 0.827. The van der Waals surface area contributed by atoms with Crippen LogP contribution in [0.1, 0.15) is 38.1 Å². The van der Waals surface area contributed by atoms with Crippen LogP contribution in [0, 0.1) is 23.5 Å². The van der Waals surface area contributed by atoms with E-state index in [1.54, 1.807) is 6.92 Å². The van der Waals surface area contributed by atoms with Gasteiger partial charge in [-0.2, -0.15) is 8.42 Å². The van der Waals surface area contributed by atoms with E-state index >= 15 is 0 Å². The highest BCUT2D eigenvalue weighted by molar-refractivity contribution is 7.86. The van der Waals surface area contributed by atoms with E-state index in [1.807, 2.05) is 0 Å². The highest BCUT2D eigenvalue weighted by Gasteiger charge is 2.40. The average molecular weight is 740 g/mol. The third-order valence-corrected chi connectivity index (χ3v) is 10.3. The molecule has 5 atom stereocenters. The van der Waals surface area contributed by atoms with Crippen molar-refractivity contribution < 1.29 is 50.1 Å². The van der Waals surface area contributed by atoms with Gasteiger partial charge < -0.3 is 30.6 Å². The summed E-state index contributed by atoms with van der Waals surface area (Å²) in [5, 5.41) is 6.48. The molecule has 0 spiro atoms. The van der Waals surface area contributed by atoms with E-state index in [-0.39, 0.29) is 42.6 Å². The number of hydrogen-bond acceptors (Lipinski definition) is 9. The predicted molar refractivity (Wildman–Crippen MR) is 175 cm³/mol. The molecule has 0 saturated carbocycles. The number of aromatic nitrogens is 2. The van der Waals surface area contributed by atoms with Crippen LogP contribution in [-0.4, -0.2) is 120 Å². The van der Waals surface area contributed by atoms with E-state index in [1.165, 1.54) is 11.1 Å². The summed E-state index contributed by atoms with van der Waals surface area (Å²) in [6.45, 7) is 1.79. The van der Waals surface area contributed by atoms with Crippen LogP contribution >= 0.6 is 0 Å². The predicted octanol–water partition coefficient (Wildman–Crippen LogP) is 1.47. The van der Waals surface area contributed by atoms with E-state index in [0.717, 1.165) is 30.4 Å². The van der Waals surface area contributed by atoms with Crippen LogP contribution in [0.15, 0.2) is 36.5 Å². The number of benzene rings is 1. The molecule has 5 amide bonds. The molecule has 3 aliphatic heterocycles. The quantitative estimate of drug-likeness (QED) is 0.140. The largest absolute Gasteiger partial charge is 0.381 e. The first-order valence-corrected chi connectivity index (χ1v) is 18.0. The lowest BCUT2D eigenvalue weighted by molar-refractivity contribution is -0.137. The molecular weight excluding hydrogens is 699 g/mol. The van der Waals surface area contributed by atoms with Crippen molar-refractivity contribution in [3.8, 4) is 11.3 Å². The molecular formula is C32H40F3N7O8S. The summed E-state index contributed by atoms with van der Waals surface area (Å²) in [5.41, 5.74) is 0.0262. The number of nitrogens with one attached hydrogen (secondary N) is 4. The summed E-state index contributed by atoms with van der Waals surface area (Å²) in [6.07, 6.45) is 2.30. The number of amides is 5. The lowest BCUT2D eigenvalue weighted by atomic mass is 9.89. The number of halogens is 3. The van der Waals surface area contributed by atoms with Crippen molar-refractivity contribution in [2.45, 2.75) is 49.7 Å². The molecule has 2 aromatic rings. The van der Waals surface area contributed by atoms with Crippen LogP contribution in [0.2, 0.25) is 0 Å². The Hall–Kier alpha value is -4.33. The lowest BCUT2D eigenvalue weighted by Gasteiger charge is -2.39. The fourth-order valence-electron chi connectivity index (χ4n) is 6.40. The van der Waals surface area contributed by atoms with Crippen molar-refractivity contribution in [3.63, 3.8) is 0 Å². The van der Waals surface area contributed by atoms with Crippen LogP contribution in [-0.2, 0) is 29.2 Å². The maximum absolute atomic E-state index is 15.0. The molecule has 278 valence electrons. The normalized spacial score (nSPS) is 21.5. The van der Waals surface area contributed by atoms with E-state index in [0.29, 0.717) is 37.5 Å². The van der Waals surface area contributed by atoms with Gasteiger partial charge in [-0.15, -0.1) is 0 Å². The van der Waals surface area contributed by atoms with Crippen LogP contribution in [0.5, 0.6) is 0 Å². The fraction of sp³-hybridized carbons (Fsp3) is 0.531. The van der Waals surface area contributed by atoms with Crippen molar-refractivity contribution in [1.82, 2.24) is 35.7 Å². The van der Waals surface area contributed by atoms with Crippen molar-refractivity contribution in [2.75, 3.05) is 45.9 Å². The minimum atomic E-state index is -4.85. The summed E-state index contributed by atoms with van der Waals surface area (Å²) in [5.74, 6) is -4.29. The Morgan fingerprint density at radius 1 is 1.16 bits per heavy atom. The Kier molecular flexibility index (Phi) is 12.2. The van der Waals surface area contributed by atoms with Crippen molar-refractivity contribution in [1.29, 1.82) is 0 Å². The fourth-order valence-corrected chi connectivity index (χ4v) is 7.10. The molecule has 5 N–H and O–H groups in total. The Labute approximate surface area is 292 Å². The van der Waals surface area contributed by atoms with E-state index in [9.17, 15) is 45.3 Å². The number of ether oxygens (including phenoxy) is 1. The SMILES string of the molecule is C[C@@H](CNC(=O)C[C@@H](CN1C(=O)C=CC1=O)S(=O)(=O)O)NC(=O)N(C[C@@H]1CNC[C@@H]1F)[C@@H](c1nc(-c2cc(F)ccc2F)c[nH]1)C1CCOCC1. The van der Waals surface area contributed by atoms with Crippen LogP contribution in [0.4, 0.5) is 18.0 Å². The Morgan fingerprint density at radius 3 is 2.51 bits per heavy atom. The van der Waals surface area contributed by atoms with Gasteiger partial charge in [0.15, 0.2) is 0 Å². The minimum Gasteiger partial charge on any atom is -0.381 e. The zero-order valence-electron chi connectivity index (χ0n) is 27.7. The number of hydrogen-bond donors (Lipinski definition) is 5. The van der Waals surface area contributed by atoms with E-state index in [4.69, 9.17) is 4.74 Å². The molecule has 5 rings (SSSR count). The number of imidazole rings is 1. The van der Waals surface area contributed by atoms with Gasteiger partial charge in [-0.25, -0.2) is 22.9 Å². The molecule has 4 heterocycles. The summed E-state index contributed by atoms with van der Waals surface area (Å²) in [7, 11) is -4.85. The molecule has 2 fully saturated rings. The van der Waals surface area contributed by atoms with Gasteiger partial charge in [0.2, 0.25) is 5.91 Å². The van der Waals surface area contributed by atoms with Crippen LogP contribution in [0.3, 0.4) is 0 Å². The molecule has 2 saturated heterocycles. The molecule has 1 aromatic heterocycles. The maximum atomic E-state index is 15.0. The van der Waals surface area contributed by atoms with E-state index < -0.39 is 87.9 Å². The third-order valence-electron chi connectivity index (χ3n) is 9.18. The molecule has 0 aliphatic carbocycles. The molecule has 0 unspecified atom stereocenters. The highest BCUT2D eigenvalue weighted by Crippen LogP contribution is 2.36. The first-order valence-electron chi connectivity index (χ1n) is 16.5. The van der Waals surface area contributed by atoms with Gasteiger partial charge in [0.1, 0.15) is 28.9 Å². The smallest absolute Gasteiger partial charge is 0.318 e. The van der Waals surface area contributed by atoms with Gasteiger partial charge in [0, 0.05) is 88.2 Å². The van der Waals surface area contributed by atoms with Gasteiger partial charge >= 0.3 is 6.03 Å². The first-order chi connectivity index (χ1) is 24.2. The molecule has 1 aromatic carbocycles.